The summed E-state index contributed by atoms with van der Waals surface area (Å²) >= 11 is 0. The van der Waals surface area contributed by atoms with Gasteiger partial charge in [-0.25, -0.2) is 0 Å². The van der Waals surface area contributed by atoms with Crippen LogP contribution in [0, 0.1) is 0 Å². The number of anilines is 1. The van der Waals surface area contributed by atoms with Gasteiger partial charge in [0.15, 0.2) is 17.6 Å². The molecule has 0 saturated carbocycles. The Labute approximate surface area is 168 Å². The molecular formula is C22H22N2O5. The second kappa shape index (κ2) is 7.31. The highest BCUT2D eigenvalue weighted by atomic mass is 16.7. The van der Waals surface area contributed by atoms with Crippen molar-refractivity contribution in [1.29, 1.82) is 0 Å². The molecule has 5 rings (SSSR count). The molecule has 2 aromatic rings. The van der Waals surface area contributed by atoms with E-state index in [1.165, 1.54) is 0 Å². The minimum absolute atomic E-state index is 0.0531. The maximum Gasteiger partial charge on any atom is 0.265 e. The summed E-state index contributed by atoms with van der Waals surface area (Å²) in [5, 5.41) is 0. The standard InChI is InChI=1S/C22H22N2O5/c25-21(15-8-9-18-19(12-15)28-14-27-18)24-13-20(22(26)23-10-4-1-5-11-23)29-17-7-3-2-6-16(17)24/h2-3,6-9,12,20H,1,4-5,10-11,13-14H2/t20-/m1/s1. The fourth-order valence-electron chi connectivity index (χ4n) is 4.06. The van der Waals surface area contributed by atoms with E-state index in [1.807, 2.05) is 23.1 Å². The smallest absolute Gasteiger partial charge is 0.265 e. The Kier molecular flexibility index (Phi) is 4.50. The maximum absolute atomic E-state index is 13.4. The van der Waals surface area contributed by atoms with Gasteiger partial charge in [0.05, 0.1) is 12.2 Å². The van der Waals surface area contributed by atoms with Gasteiger partial charge in [-0.15, -0.1) is 0 Å². The summed E-state index contributed by atoms with van der Waals surface area (Å²) in [6.45, 7) is 1.83. The average Bonchev–Trinajstić information content (AvgIpc) is 3.26. The molecule has 0 spiro atoms. The van der Waals surface area contributed by atoms with Gasteiger partial charge in [-0.05, 0) is 49.6 Å². The highest BCUT2D eigenvalue weighted by Crippen LogP contribution is 2.37. The number of carbonyl (C=O) groups excluding carboxylic acids is 2. The minimum Gasteiger partial charge on any atom is -0.476 e. The topological polar surface area (TPSA) is 68.3 Å². The zero-order valence-electron chi connectivity index (χ0n) is 16.0. The monoisotopic (exact) mass is 394 g/mol. The van der Waals surface area contributed by atoms with E-state index >= 15 is 0 Å². The van der Waals surface area contributed by atoms with E-state index in [4.69, 9.17) is 14.2 Å². The van der Waals surface area contributed by atoms with E-state index in [-0.39, 0.29) is 25.2 Å². The first-order valence-corrected chi connectivity index (χ1v) is 9.97. The van der Waals surface area contributed by atoms with Crippen LogP contribution in [-0.2, 0) is 4.79 Å². The Bertz CT molecular complexity index is 954. The molecule has 2 amide bonds. The first-order valence-electron chi connectivity index (χ1n) is 9.97. The molecule has 29 heavy (non-hydrogen) atoms. The molecule has 0 aromatic heterocycles. The number of rotatable bonds is 2. The lowest BCUT2D eigenvalue weighted by molar-refractivity contribution is -0.139. The van der Waals surface area contributed by atoms with Gasteiger partial charge >= 0.3 is 0 Å². The minimum atomic E-state index is -0.707. The highest BCUT2D eigenvalue weighted by Gasteiger charge is 2.36. The van der Waals surface area contributed by atoms with Gasteiger partial charge in [0.25, 0.3) is 11.8 Å². The summed E-state index contributed by atoms with van der Waals surface area (Å²) in [6.07, 6.45) is 2.46. The Balaban J connectivity index is 1.44. The summed E-state index contributed by atoms with van der Waals surface area (Å²) in [5.41, 5.74) is 1.15. The summed E-state index contributed by atoms with van der Waals surface area (Å²) in [5.74, 6) is 1.47. The molecule has 7 heteroatoms. The van der Waals surface area contributed by atoms with Crippen LogP contribution in [0.15, 0.2) is 42.5 Å². The highest BCUT2D eigenvalue weighted by molar-refractivity contribution is 6.08. The summed E-state index contributed by atoms with van der Waals surface area (Å²) < 4.78 is 16.7. The molecule has 1 saturated heterocycles. The second-order valence-electron chi connectivity index (χ2n) is 7.44. The van der Waals surface area contributed by atoms with Gasteiger partial charge in [-0.2, -0.15) is 0 Å². The number of para-hydroxylation sites is 2. The molecule has 2 aromatic carbocycles. The average molecular weight is 394 g/mol. The van der Waals surface area contributed by atoms with Crippen LogP contribution in [0.1, 0.15) is 29.6 Å². The number of fused-ring (bicyclic) bond motifs is 2. The normalized spacial score (nSPS) is 20.1. The largest absolute Gasteiger partial charge is 0.476 e. The molecule has 0 bridgehead atoms. The lowest BCUT2D eigenvalue weighted by Crippen LogP contribution is -2.52. The Hall–Kier alpha value is -3.22. The second-order valence-corrected chi connectivity index (χ2v) is 7.44. The van der Waals surface area contributed by atoms with Crippen molar-refractivity contribution in [2.45, 2.75) is 25.4 Å². The molecule has 0 unspecified atom stereocenters. The van der Waals surface area contributed by atoms with Crippen molar-refractivity contribution in [3.63, 3.8) is 0 Å². The lowest BCUT2D eigenvalue weighted by Gasteiger charge is -2.37. The van der Waals surface area contributed by atoms with Crippen LogP contribution >= 0.6 is 0 Å². The van der Waals surface area contributed by atoms with Crippen molar-refractivity contribution in [3.8, 4) is 17.2 Å². The first-order chi connectivity index (χ1) is 14.2. The van der Waals surface area contributed by atoms with Crippen molar-refractivity contribution in [3.05, 3.63) is 48.0 Å². The zero-order valence-corrected chi connectivity index (χ0v) is 16.0. The van der Waals surface area contributed by atoms with Crippen molar-refractivity contribution >= 4 is 17.5 Å². The molecule has 3 aliphatic rings. The summed E-state index contributed by atoms with van der Waals surface area (Å²) in [6, 6.07) is 12.5. The van der Waals surface area contributed by atoms with Gasteiger partial charge in [0.1, 0.15) is 5.75 Å². The van der Waals surface area contributed by atoms with Crippen LogP contribution in [-0.4, -0.2) is 49.2 Å². The van der Waals surface area contributed by atoms with E-state index < -0.39 is 6.10 Å². The van der Waals surface area contributed by atoms with E-state index in [0.29, 0.717) is 28.5 Å². The van der Waals surface area contributed by atoms with Gasteiger partial charge in [0, 0.05) is 18.7 Å². The Morgan fingerprint density at radius 2 is 1.69 bits per heavy atom. The quantitative estimate of drug-likeness (QED) is 0.784. The molecule has 3 aliphatic heterocycles. The van der Waals surface area contributed by atoms with Crippen LogP contribution in [0.4, 0.5) is 5.69 Å². The van der Waals surface area contributed by atoms with Gasteiger partial charge < -0.3 is 24.0 Å². The van der Waals surface area contributed by atoms with Crippen LogP contribution in [0.25, 0.3) is 0 Å². The lowest BCUT2D eigenvalue weighted by atomic mass is 10.1. The SMILES string of the molecule is O=C([C@H]1CN(C(=O)c2ccc3c(c2)OCO3)c2ccccc2O1)N1CCCCC1. The molecule has 1 atom stereocenters. The Morgan fingerprint density at radius 1 is 0.897 bits per heavy atom. The molecule has 1 fully saturated rings. The van der Waals surface area contributed by atoms with Crippen molar-refractivity contribution < 1.29 is 23.8 Å². The number of hydrogen-bond acceptors (Lipinski definition) is 5. The molecule has 7 nitrogen and oxygen atoms in total. The van der Waals surface area contributed by atoms with E-state index in [2.05, 4.69) is 0 Å². The number of carbonyl (C=O) groups is 2. The fourth-order valence-corrected chi connectivity index (χ4v) is 4.06. The number of benzene rings is 2. The van der Waals surface area contributed by atoms with Crippen LogP contribution < -0.4 is 19.1 Å². The zero-order chi connectivity index (χ0) is 19.8. The first kappa shape index (κ1) is 17.8. The molecule has 0 aliphatic carbocycles. The number of piperidine rings is 1. The van der Waals surface area contributed by atoms with Crippen molar-refractivity contribution in [2.24, 2.45) is 0 Å². The van der Waals surface area contributed by atoms with E-state index in [9.17, 15) is 9.59 Å². The number of likely N-dealkylation sites (tertiary alicyclic amines) is 1. The van der Waals surface area contributed by atoms with E-state index in [1.54, 1.807) is 29.2 Å². The van der Waals surface area contributed by atoms with Crippen LogP contribution in [0.5, 0.6) is 17.2 Å². The Morgan fingerprint density at radius 3 is 2.55 bits per heavy atom. The predicted molar refractivity (Wildman–Crippen MR) is 106 cm³/mol. The predicted octanol–water partition coefficient (Wildman–Crippen LogP) is 2.84. The third-order valence-corrected chi connectivity index (χ3v) is 5.58. The van der Waals surface area contributed by atoms with Crippen molar-refractivity contribution in [1.82, 2.24) is 4.90 Å². The number of amides is 2. The van der Waals surface area contributed by atoms with Gasteiger partial charge in [-0.1, -0.05) is 12.1 Å². The van der Waals surface area contributed by atoms with Crippen molar-refractivity contribution in [2.75, 3.05) is 31.3 Å². The molecular weight excluding hydrogens is 372 g/mol. The number of hydrogen-bond donors (Lipinski definition) is 0. The number of nitrogens with zero attached hydrogens (tertiary/aromatic N) is 2. The molecule has 0 N–H and O–H groups in total. The number of ether oxygens (including phenoxy) is 3. The van der Waals surface area contributed by atoms with Gasteiger partial charge in [0.2, 0.25) is 6.79 Å². The van der Waals surface area contributed by atoms with Crippen LogP contribution in [0.3, 0.4) is 0 Å². The fraction of sp³-hybridized carbons (Fsp3) is 0.364. The van der Waals surface area contributed by atoms with Gasteiger partial charge in [-0.3, -0.25) is 9.59 Å². The molecule has 0 radical (unpaired) electrons. The third kappa shape index (κ3) is 3.26. The van der Waals surface area contributed by atoms with E-state index in [0.717, 1.165) is 32.4 Å². The molecule has 3 heterocycles. The third-order valence-electron chi connectivity index (χ3n) is 5.58. The summed E-state index contributed by atoms with van der Waals surface area (Å²) in [4.78, 5) is 29.9. The summed E-state index contributed by atoms with van der Waals surface area (Å²) in [7, 11) is 0. The van der Waals surface area contributed by atoms with Crippen LogP contribution in [0.2, 0.25) is 0 Å². The maximum atomic E-state index is 13.4. The molecule has 150 valence electrons.